The molecule has 36 heavy (non-hydrogen) atoms. The van der Waals surface area contributed by atoms with Crippen LogP contribution in [0, 0.1) is 11.6 Å². The van der Waals surface area contributed by atoms with Crippen LogP contribution in [0.5, 0.6) is 11.8 Å². The Morgan fingerprint density at radius 1 is 1.00 bits per heavy atom. The second-order valence-corrected chi connectivity index (χ2v) is 7.53. The van der Waals surface area contributed by atoms with Crippen molar-refractivity contribution in [3.63, 3.8) is 0 Å². The molecule has 190 valence electrons. The lowest BCUT2D eigenvalue weighted by Crippen LogP contribution is -2.39. The van der Waals surface area contributed by atoms with E-state index >= 15 is 4.39 Å². The zero-order chi connectivity index (χ0) is 26.4. The van der Waals surface area contributed by atoms with Crippen LogP contribution >= 0.6 is 0 Å². The van der Waals surface area contributed by atoms with Crippen LogP contribution < -0.4 is 31.2 Å². The molecule has 3 rings (SSSR count). The topological polar surface area (TPSA) is 161 Å². The molecule has 0 fully saturated rings. The van der Waals surface area contributed by atoms with E-state index in [4.69, 9.17) is 20.3 Å². The Labute approximate surface area is 204 Å². The third-order valence-electron chi connectivity index (χ3n) is 5.08. The molecule has 13 heteroatoms. The summed E-state index contributed by atoms with van der Waals surface area (Å²) >= 11 is 0. The summed E-state index contributed by atoms with van der Waals surface area (Å²) in [6.07, 6.45) is -1.36. The number of benzene rings is 1. The first kappa shape index (κ1) is 25.9. The summed E-state index contributed by atoms with van der Waals surface area (Å²) in [4.78, 5) is 31.5. The fourth-order valence-electron chi connectivity index (χ4n) is 3.40. The average Bonchev–Trinajstić information content (AvgIpc) is 2.83. The Morgan fingerprint density at radius 3 is 2.19 bits per heavy atom. The van der Waals surface area contributed by atoms with Gasteiger partial charge in [-0.05, 0) is 19.1 Å². The zero-order valence-corrected chi connectivity index (χ0v) is 19.5. The molecule has 2 atom stereocenters. The minimum absolute atomic E-state index is 0.0667. The first-order valence-corrected chi connectivity index (χ1v) is 10.5. The smallest absolute Gasteiger partial charge is 0.404 e. The number of nitrogens with zero attached hydrogens (tertiary/aromatic N) is 2. The van der Waals surface area contributed by atoms with Crippen LogP contribution in [0.2, 0.25) is 0 Å². The molecule has 2 aromatic heterocycles. The number of carbonyl (C=O) groups excluding carboxylic acids is 1. The number of hydrogen-bond acceptors (Lipinski definition) is 8. The van der Waals surface area contributed by atoms with Crippen LogP contribution in [0.1, 0.15) is 28.9 Å². The summed E-state index contributed by atoms with van der Waals surface area (Å²) < 4.78 is 39.9. The number of halogens is 2. The van der Waals surface area contributed by atoms with Gasteiger partial charge >= 0.3 is 6.09 Å². The van der Waals surface area contributed by atoms with E-state index in [1.807, 2.05) is 0 Å². The standard InChI is InChI=1S/C23H24F2N6O5/c1-11(27-23(33)34)19(13-6-4-5-7-15(13)24)30-22-16(25)10-14(20(26)32)21(31-22)28-12-8-17(35-2)29-18(9-12)36-3/h4-11,19,27H,1-3H3,(H2,26,32)(H,33,34)(H2,28,29,30,31)/t11-,19+/m0/s1. The number of rotatable bonds is 10. The number of amides is 2. The molecule has 0 saturated heterocycles. The minimum Gasteiger partial charge on any atom is -0.481 e. The molecule has 2 amide bonds. The molecule has 0 saturated carbocycles. The normalized spacial score (nSPS) is 12.2. The monoisotopic (exact) mass is 502 g/mol. The molecular weight excluding hydrogens is 478 g/mol. The van der Waals surface area contributed by atoms with Crippen molar-refractivity contribution in [2.75, 3.05) is 24.9 Å². The van der Waals surface area contributed by atoms with E-state index in [1.165, 1.54) is 51.5 Å². The van der Waals surface area contributed by atoms with E-state index in [2.05, 4.69) is 25.9 Å². The fraction of sp³-hybridized carbons (Fsp3) is 0.217. The van der Waals surface area contributed by atoms with Crippen LogP contribution in [0.3, 0.4) is 0 Å². The van der Waals surface area contributed by atoms with Crippen molar-refractivity contribution in [2.45, 2.75) is 19.0 Å². The van der Waals surface area contributed by atoms with E-state index in [-0.39, 0.29) is 34.5 Å². The summed E-state index contributed by atoms with van der Waals surface area (Å²) in [5.74, 6) is -2.72. The number of hydrogen-bond donors (Lipinski definition) is 5. The fourth-order valence-corrected chi connectivity index (χ4v) is 3.40. The van der Waals surface area contributed by atoms with Crippen molar-refractivity contribution in [1.82, 2.24) is 15.3 Å². The Kier molecular flexibility index (Phi) is 8.04. The van der Waals surface area contributed by atoms with Crippen LogP contribution in [0.4, 0.5) is 30.9 Å². The number of pyridine rings is 2. The molecular formula is C23H24F2N6O5. The Bertz CT molecular complexity index is 1250. The largest absolute Gasteiger partial charge is 0.481 e. The van der Waals surface area contributed by atoms with Gasteiger partial charge in [0.1, 0.15) is 11.6 Å². The summed E-state index contributed by atoms with van der Waals surface area (Å²) in [6.45, 7) is 1.47. The van der Waals surface area contributed by atoms with E-state index in [0.29, 0.717) is 5.69 Å². The molecule has 0 unspecified atom stereocenters. The predicted molar refractivity (Wildman–Crippen MR) is 127 cm³/mol. The highest BCUT2D eigenvalue weighted by molar-refractivity contribution is 5.98. The van der Waals surface area contributed by atoms with Gasteiger partial charge in [0.25, 0.3) is 5.91 Å². The van der Waals surface area contributed by atoms with Gasteiger partial charge in [0.2, 0.25) is 11.8 Å². The second-order valence-electron chi connectivity index (χ2n) is 7.53. The van der Waals surface area contributed by atoms with Crippen molar-refractivity contribution in [1.29, 1.82) is 0 Å². The maximum atomic E-state index is 15.0. The van der Waals surface area contributed by atoms with Gasteiger partial charge in [-0.2, -0.15) is 4.98 Å². The molecule has 6 N–H and O–H groups in total. The van der Waals surface area contributed by atoms with Crippen LogP contribution in [-0.2, 0) is 0 Å². The van der Waals surface area contributed by atoms with Gasteiger partial charge in [0.05, 0.1) is 37.6 Å². The summed E-state index contributed by atoms with van der Waals surface area (Å²) in [5, 5.41) is 17.0. The third-order valence-corrected chi connectivity index (χ3v) is 5.08. The van der Waals surface area contributed by atoms with Gasteiger partial charge in [0, 0.05) is 17.7 Å². The van der Waals surface area contributed by atoms with Gasteiger partial charge in [0.15, 0.2) is 11.6 Å². The summed E-state index contributed by atoms with van der Waals surface area (Å²) in [7, 11) is 2.79. The Morgan fingerprint density at radius 2 is 1.64 bits per heavy atom. The SMILES string of the molecule is COc1cc(Nc2nc(N[C@@H](c3ccccc3F)[C@H](C)NC(=O)O)c(F)cc2C(N)=O)cc(OC)n1. The Balaban J connectivity index is 2.06. The lowest BCUT2D eigenvalue weighted by Gasteiger charge is -2.27. The van der Waals surface area contributed by atoms with Crippen molar-refractivity contribution in [2.24, 2.45) is 5.73 Å². The van der Waals surface area contributed by atoms with Crippen molar-refractivity contribution in [3.8, 4) is 11.8 Å². The molecule has 2 heterocycles. The van der Waals surface area contributed by atoms with Gasteiger partial charge in [-0.3, -0.25) is 4.79 Å². The number of primary amides is 1. The lowest BCUT2D eigenvalue weighted by atomic mass is 9.99. The van der Waals surface area contributed by atoms with Crippen LogP contribution in [0.25, 0.3) is 0 Å². The van der Waals surface area contributed by atoms with E-state index in [0.717, 1.165) is 6.07 Å². The zero-order valence-electron chi connectivity index (χ0n) is 19.5. The van der Waals surface area contributed by atoms with E-state index < -0.39 is 35.7 Å². The summed E-state index contributed by atoms with van der Waals surface area (Å²) in [5.41, 5.74) is 5.55. The van der Waals surface area contributed by atoms with Gasteiger partial charge in [-0.25, -0.2) is 18.6 Å². The van der Waals surface area contributed by atoms with Crippen LogP contribution in [0.15, 0.2) is 42.5 Å². The van der Waals surface area contributed by atoms with Gasteiger partial charge < -0.3 is 36.3 Å². The molecule has 0 aliphatic heterocycles. The number of ether oxygens (including phenoxy) is 2. The lowest BCUT2D eigenvalue weighted by molar-refractivity contribution is 0.1000. The van der Waals surface area contributed by atoms with E-state index in [9.17, 15) is 14.0 Å². The quantitative estimate of drug-likeness (QED) is 0.280. The third kappa shape index (κ3) is 6.05. The molecule has 0 aliphatic rings. The second kappa shape index (κ2) is 11.2. The van der Waals surface area contributed by atoms with E-state index in [1.54, 1.807) is 6.07 Å². The van der Waals surface area contributed by atoms with Crippen molar-refractivity contribution >= 4 is 29.3 Å². The van der Waals surface area contributed by atoms with Crippen molar-refractivity contribution < 1.29 is 33.0 Å². The highest BCUT2D eigenvalue weighted by Gasteiger charge is 2.26. The molecule has 0 bridgehead atoms. The molecule has 0 radical (unpaired) electrons. The number of carbonyl (C=O) groups is 2. The minimum atomic E-state index is -1.36. The number of methoxy groups -OCH3 is 2. The first-order valence-electron chi connectivity index (χ1n) is 10.5. The maximum Gasteiger partial charge on any atom is 0.404 e. The maximum absolute atomic E-state index is 15.0. The summed E-state index contributed by atoms with van der Waals surface area (Å²) in [6, 6.07) is 7.47. The predicted octanol–water partition coefficient (Wildman–Crippen LogP) is 3.42. The number of nitrogens with two attached hydrogens (primary N) is 1. The molecule has 0 spiro atoms. The first-order chi connectivity index (χ1) is 17.1. The van der Waals surface area contributed by atoms with Gasteiger partial charge in [-0.15, -0.1) is 0 Å². The van der Waals surface area contributed by atoms with Gasteiger partial charge in [-0.1, -0.05) is 18.2 Å². The van der Waals surface area contributed by atoms with Crippen molar-refractivity contribution in [3.05, 3.63) is 65.2 Å². The Hall–Kier alpha value is -4.68. The molecule has 0 aliphatic carbocycles. The molecule has 1 aromatic carbocycles. The number of carboxylic acid groups (broad SMARTS) is 1. The average molecular weight is 502 g/mol. The highest BCUT2D eigenvalue weighted by atomic mass is 19.1. The highest BCUT2D eigenvalue weighted by Crippen LogP contribution is 2.30. The number of aromatic nitrogens is 2. The molecule has 11 nitrogen and oxygen atoms in total. The molecule has 3 aromatic rings. The number of nitrogens with one attached hydrogen (secondary N) is 3. The number of anilines is 3. The van der Waals surface area contributed by atoms with Crippen LogP contribution in [-0.4, -0.2) is 47.3 Å².